The van der Waals surface area contributed by atoms with E-state index in [0.717, 1.165) is 16.8 Å². The molecule has 0 atom stereocenters. The Labute approximate surface area is 110 Å². The summed E-state index contributed by atoms with van der Waals surface area (Å²) in [4.78, 5) is 11.7. The van der Waals surface area contributed by atoms with Crippen molar-refractivity contribution in [1.82, 2.24) is 9.61 Å². The van der Waals surface area contributed by atoms with E-state index in [1.807, 2.05) is 48.5 Å². The standard InChI is InChI=1S/C15H12N2O2/c1-19-15(18)14-10-8-12-7-9-13(16-17(12)14)11-5-3-2-4-6-11/h2-10H,1H3. The molecular weight excluding hydrogens is 240 g/mol. The molecule has 19 heavy (non-hydrogen) atoms. The van der Waals surface area contributed by atoms with Crippen molar-refractivity contribution >= 4 is 11.5 Å². The molecule has 0 amide bonds. The molecule has 3 aromatic rings. The number of carbonyl (C=O) groups is 1. The van der Waals surface area contributed by atoms with Gasteiger partial charge in [-0.1, -0.05) is 30.3 Å². The molecule has 2 heterocycles. The molecule has 0 saturated carbocycles. The van der Waals surface area contributed by atoms with Gasteiger partial charge < -0.3 is 4.74 Å². The Balaban J connectivity index is 2.17. The van der Waals surface area contributed by atoms with E-state index in [1.165, 1.54) is 7.11 Å². The van der Waals surface area contributed by atoms with E-state index >= 15 is 0 Å². The van der Waals surface area contributed by atoms with Gasteiger partial charge in [0.15, 0.2) is 5.69 Å². The fraction of sp³-hybridized carbons (Fsp3) is 0.0667. The highest BCUT2D eigenvalue weighted by Crippen LogP contribution is 2.18. The predicted molar refractivity (Wildman–Crippen MR) is 72.0 cm³/mol. The molecule has 4 nitrogen and oxygen atoms in total. The molecule has 0 fully saturated rings. The van der Waals surface area contributed by atoms with Crippen molar-refractivity contribution in [2.24, 2.45) is 0 Å². The lowest BCUT2D eigenvalue weighted by molar-refractivity contribution is 0.0591. The van der Waals surface area contributed by atoms with Crippen LogP contribution in [0.4, 0.5) is 0 Å². The maximum atomic E-state index is 11.7. The second-order valence-electron chi connectivity index (χ2n) is 4.13. The molecule has 0 N–H and O–H groups in total. The van der Waals surface area contributed by atoms with Gasteiger partial charge in [-0.05, 0) is 24.3 Å². The molecule has 1 aromatic carbocycles. The minimum atomic E-state index is -0.391. The van der Waals surface area contributed by atoms with Crippen LogP contribution in [0.5, 0.6) is 0 Å². The van der Waals surface area contributed by atoms with Crippen LogP contribution < -0.4 is 0 Å². The summed E-state index contributed by atoms with van der Waals surface area (Å²) >= 11 is 0. The van der Waals surface area contributed by atoms with Gasteiger partial charge in [0.1, 0.15) is 0 Å². The van der Waals surface area contributed by atoms with E-state index in [-0.39, 0.29) is 0 Å². The van der Waals surface area contributed by atoms with Crippen LogP contribution in [0.2, 0.25) is 0 Å². The molecule has 2 aromatic heterocycles. The number of methoxy groups -OCH3 is 1. The molecule has 0 saturated heterocycles. The Morgan fingerprint density at radius 3 is 2.53 bits per heavy atom. The number of esters is 1. The zero-order valence-electron chi connectivity index (χ0n) is 10.4. The number of ether oxygens (including phenoxy) is 1. The molecule has 0 radical (unpaired) electrons. The average Bonchev–Trinajstić information content (AvgIpc) is 2.90. The van der Waals surface area contributed by atoms with Gasteiger partial charge in [0.25, 0.3) is 0 Å². The summed E-state index contributed by atoms with van der Waals surface area (Å²) < 4.78 is 6.35. The smallest absolute Gasteiger partial charge is 0.356 e. The lowest BCUT2D eigenvalue weighted by Gasteiger charge is -2.04. The normalized spacial score (nSPS) is 10.6. The van der Waals surface area contributed by atoms with Crippen molar-refractivity contribution in [3.05, 3.63) is 60.3 Å². The Hall–Kier alpha value is -2.62. The molecule has 0 aliphatic rings. The third-order valence-corrected chi connectivity index (χ3v) is 2.97. The highest BCUT2D eigenvalue weighted by molar-refractivity contribution is 5.89. The Morgan fingerprint density at radius 2 is 1.79 bits per heavy atom. The van der Waals surface area contributed by atoms with E-state index in [0.29, 0.717) is 5.69 Å². The van der Waals surface area contributed by atoms with Crippen molar-refractivity contribution in [3.63, 3.8) is 0 Å². The van der Waals surface area contributed by atoms with Crippen molar-refractivity contribution in [1.29, 1.82) is 0 Å². The van der Waals surface area contributed by atoms with Crippen molar-refractivity contribution < 1.29 is 9.53 Å². The highest BCUT2D eigenvalue weighted by Gasteiger charge is 2.12. The maximum Gasteiger partial charge on any atom is 0.356 e. The van der Waals surface area contributed by atoms with Crippen LogP contribution in [0, 0.1) is 0 Å². The van der Waals surface area contributed by atoms with E-state index in [1.54, 1.807) is 10.6 Å². The molecule has 0 aliphatic carbocycles. The van der Waals surface area contributed by atoms with Gasteiger partial charge in [-0.15, -0.1) is 0 Å². The number of nitrogens with zero attached hydrogens (tertiary/aromatic N) is 2. The van der Waals surface area contributed by atoms with E-state index in [2.05, 4.69) is 5.10 Å². The van der Waals surface area contributed by atoms with E-state index in [9.17, 15) is 4.79 Å². The molecule has 0 spiro atoms. The number of fused-ring (bicyclic) bond motifs is 1. The molecule has 0 bridgehead atoms. The van der Waals surface area contributed by atoms with Crippen LogP contribution in [-0.2, 0) is 4.74 Å². The summed E-state index contributed by atoms with van der Waals surface area (Å²) in [6, 6.07) is 17.3. The maximum absolute atomic E-state index is 11.7. The SMILES string of the molecule is COC(=O)c1ccc2ccc(-c3ccccc3)nn12. The van der Waals surface area contributed by atoms with Crippen LogP contribution in [-0.4, -0.2) is 22.7 Å². The molecule has 0 aliphatic heterocycles. The van der Waals surface area contributed by atoms with Crippen LogP contribution in [0.1, 0.15) is 10.5 Å². The fourth-order valence-corrected chi connectivity index (χ4v) is 2.01. The zero-order chi connectivity index (χ0) is 13.2. The largest absolute Gasteiger partial charge is 0.464 e. The van der Waals surface area contributed by atoms with Gasteiger partial charge in [-0.2, -0.15) is 5.10 Å². The number of hydrogen-bond donors (Lipinski definition) is 0. The van der Waals surface area contributed by atoms with Gasteiger partial charge in [-0.25, -0.2) is 9.31 Å². The number of aromatic nitrogens is 2. The van der Waals surface area contributed by atoms with Gasteiger partial charge in [0.2, 0.25) is 0 Å². The minimum Gasteiger partial charge on any atom is -0.464 e. The van der Waals surface area contributed by atoms with E-state index < -0.39 is 5.97 Å². The van der Waals surface area contributed by atoms with Gasteiger partial charge >= 0.3 is 5.97 Å². The van der Waals surface area contributed by atoms with Gasteiger partial charge in [0, 0.05) is 5.56 Å². The Bertz CT molecular complexity index is 732. The number of rotatable bonds is 2. The zero-order valence-corrected chi connectivity index (χ0v) is 10.4. The quantitative estimate of drug-likeness (QED) is 0.659. The Morgan fingerprint density at radius 1 is 1.05 bits per heavy atom. The summed E-state index contributed by atoms with van der Waals surface area (Å²) in [5.41, 5.74) is 3.11. The van der Waals surface area contributed by atoms with Crippen LogP contribution in [0.15, 0.2) is 54.6 Å². The lowest BCUT2D eigenvalue weighted by atomic mass is 10.1. The summed E-state index contributed by atoms with van der Waals surface area (Å²) in [6.07, 6.45) is 0. The Kier molecular flexibility index (Phi) is 2.76. The van der Waals surface area contributed by atoms with Crippen LogP contribution in [0.25, 0.3) is 16.8 Å². The first-order valence-electron chi connectivity index (χ1n) is 5.92. The summed E-state index contributed by atoms with van der Waals surface area (Å²) in [5, 5.41) is 4.49. The minimum absolute atomic E-state index is 0.391. The lowest BCUT2D eigenvalue weighted by Crippen LogP contribution is -2.07. The van der Waals surface area contributed by atoms with Crippen molar-refractivity contribution in [2.45, 2.75) is 0 Å². The summed E-state index contributed by atoms with van der Waals surface area (Å²) in [6.45, 7) is 0. The second-order valence-corrected chi connectivity index (χ2v) is 4.13. The summed E-state index contributed by atoms with van der Waals surface area (Å²) in [7, 11) is 1.36. The third kappa shape index (κ3) is 1.97. The third-order valence-electron chi connectivity index (χ3n) is 2.97. The van der Waals surface area contributed by atoms with Crippen LogP contribution >= 0.6 is 0 Å². The number of benzene rings is 1. The predicted octanol–water partition coefficient (Wildman–Crippen LogP) is 2.79. The first-order chi connectivity index (χ1) is 9.29. The molecule has 94 valence electrons. The molecule has 3 rings (SSSR count). The van der Waals surface area contributed by atoms with Crippen LogP contribution in [0.3, 0.4) is 0 Å². The van der Waals surface area contributed by atoms with Gasteiger partial charge in [-0.3, -0.25) is 0 Å². The number of carbonyl (C=O) groups excluding carboxylic acids is 1. The number of hydrogen-bond acceptors (Lipinski definition) is 3. The molecule has 4 heteroatoms. The topological polar surface area (TPSA) is 43.6 Å². The first kappa shape index (κ1) is 11.5. The monoisotopic (exact) mass is 252 g/mol. The highest BCUT2D eigenvalue weighted by atomic mass is 16.5. The van der Waals surface area contributed by atoms with Crippen molar-refractivity contribution in [2.75, 3.05) is 7.11 Å². The van der Waals surface area contributed by atoms with E-state index in [4.69, 9.17) is 4.74 Å². The fourth-order valence-electron chi connectivity index (χ4n) is 2.01. The van der Waals surface area contributed by atoms with Crippen molar-refractivity contribution in [3.8, 4) is 11.3 Å². The first-order valence-corrected chi connectivity index (χ1v) is 5.92. The molecular formula is C15H12N2O2. The van der Waals surface area contributed by atoms with Gasteiger partial charge in [0.05, 0.1) is 18.3 Å². The summed E-state index contributed by atoms with van der Waals surface area (Å²) in [5.74, 6) is -0.391. The average molecular weight is 252 g/mol. The molecule has 0 unspecified atom stereocenters. The second kappa shape index (κ2) is 4.57.